The van der Waals surface area contributed by atoms with Gasteiger partial charge in [0.25, 0.3) is 0 Å². The standard InChI is InChI=1S/C17H35O8P.C12H5NO.2Na.9H2/c1-2-3-4-5-6-7-8-9-10-11-12-17(19)25-16(13-23-15-18)14-24-26(20,21)22;1-3-4-5-6-7-8-9-10-11-13-12(2)14;;;;;;;;;;;/h16,18H,2-15H2,1H3,(H2,20,21,22);1H,2H3,(H,13,14);;;9*1H/q;;2*+1;;;;;;;;;/p-2/t16-;;;;;;;;;;;;/m0............/s1. The zero-order valence-corrected chi connectivity index (χ0v) is 30.1. The Balaban J connectivity index is -0.0000000467. The molecule has 238 valence electrons. The number of aliphatic hydroxyl groups excluding tert-OH is 1. The van der Waals surface area contributed by atoms with Crippen molar-refractivity contribution in [1.82, 2.24) is 5.32 Å². The molecule has 2 N–H and O–H groups in total. The molecule has 0 spiro atoms. The molecule has 0 saturated carbocycles. The summed E-state index contributed by atoms with van der Waals surface area (Å²) in [4.78, 5) is 43.1. The van der Waals surface area contributed by atoms with Gasteiger partial charge in [0.2, 0.25) is 5.91 Å². The number of carbonyl (C=O) groups excluding carboxylic acids is 2. The maximum absolute atomic E-state index is 11.8. The van der Waals surface area contributed by atoms with E-state index < -0.39 is 33.3 Å². The van der Waals surface area contributed by atoms with Crippen LogP contribution < -0.4 is 74.2 Å². The summed E-state index contributed by atoms with van der Waals surface area (Å²) in [5, 5.41) is 10.9. The largest absolute Gasteiger partial charge is 1.00 e. The van der Waals surface area contributed by atoms with Crippen LogP contribution in [0.25, 0.3) is 0 Å². The van der Waals surface area contributed by atoms with Gasteiger partial charge in [-0.15, -0.1) is 6.42 Å². The van der Waals surface area contributed by atoms with Crippen LogP contribution in [0.2, 0.25) is 0 Å². The Morgan fingerprint density at radius 2 is 1.38 bits per heavy atom. The Hall–Kier alpha value is -1.23. The van der Waals surface area contributed by atoms with E-state index in [0.717, 1.165) is 19.3 Å². The molecule has 0 aliphatic carbocycles. The molecule has 0 saturated heterocycles. The molecule has 1 atom stereocenters. The minimum absolute atomic E-state index is 0. The normalized spacial score (nSPS) is 9.62. The molecule has 13 heteroatoms. The van der Waals surface area contributed by atoms with Crippen LogP contribution in [0.4, 0.5) is 0 Å². The molecule has 42 heavy (non-hydrogen) atoms. The molecule has 0 aromatic carbocycles. The quantitative estimate of drug-likeness (QED) is 0.0328. The fourth-order valence-electron chi connectivity index (χ4n) is 2.82. The minimum Gasteiger partial charge on any atom is -0.790 e. The van der Waals surface area contributed by atoms with Crippen LogP contribution in [-0.4, -0.2) is 43.1 Å². The van der Waals surface area contributed by atoms with Gasteiger partial charge in [0, 0.05) is 55.9 Å². The molecular formula is C29H56NNa2O9P. The zero-order valence-electron chi connectivity index (χ0n) is 25.2. The Kier molecular flexibility index (Phi) is 40.8. The maximum atomic E-state index is 11.8. The van der Waals surface area contributed by atoms with E-state index in [9.17, 15) is 23.9 Å². The number of ether oxygens (including phenoxy) is 2. The van der Waals surface area contributed by atoms with Gasteiger partial charge >= 0.3 is 65.1 Å². The van der Waals surface area contributed by atoms with Crippen LogP contribution >= 0.6 is 7.82 Å². The fourth-order valence-corrected chi connectivity index (χ4v) is 3.17. The SMILES string of the molecule is C#CC#CC#CC#CC#CNC(C)=O.CCCCCCCCCCCCC(=O)O[C@@H](COCO)COP(=O)([O-])[O-].[HH].[HH].[HH].[HH].[HH].[HH].[HH].[HH].[HH].[Na+].[Na+]. The second-order valence-electron chi connectivity index (χ2n) is 8.11. The number of rotatable bonds is 18. The van der Waals surface area contributed by atoms with Crippen LogP contribution in [0.1, 0.15) is 97.3 Å². The number of amides is 1. The molecule has 0 unspecified atom stereocenters. The Bertz CT molecular complexity index is 1090. The number of aliphatic hydroxyl groups is 1. The summed E-state index contributed by atoms with van der Waals surface area (Å²) in [6, 6.07) is 2.33. The van der Waals surface area contributed by atoms with Crippen molar-refractivity contribution in [1.29, 1.82) is 0 Å². The summed E-state index contributed by atoms with van der Waals surface area (Å²) in [7, 11) is -5.15. The smallest absolute Gasteiger partial charge is 0.790 e. The van der Waals surface area contributed by atoms with Crippen molar-refractivity contribution in [3.63, 3.8) is 0 Å². The van der Waals surface area contributed by atoms with E-state index in [0.29, 0.717) is 6.42 Å². The molecule has 0 radical (unpaired) electrons. The summed E-state index contributed by atoms with van der Waals surface area (Å²) >= 11 is 0. The number of phosphoric acid groups is 1. The molecule has 0 aliphatic heterocycles. The Morgan fingerprint density at radius 1 is 0.881 bits per heavy atom. The first-order chi connectivity index (χ1) is 19.2. The van der Waals surface area contributed by atoms with Crippen molar-refractivity contribution < 1.29 is 115 Å². The minimum atomic E-state index is -5.15. The van der Waals surface area contributed by atoms with E-state index in [2.05, 4.69) is 74.9 Å². The predicted molar refractivity (Wildman–Crippen MR) is 166 cm³/mol. The van der Waals surface area contributed by atoms with E-state index in [-0.39, 0.29) is 90.9 Å². The average Bonchev–Trinajstić information content (AvgIpc) is 2.90. The van der Waals surface area contributed by atoms with Crippen molar-refractivity contribution >= 4 is 19.7 Å². The van der Waals surface area contributed by atoms with Gasteiger partial charge in [0.15, 0.2) is 0 Å². The van der Waals surface area contributed by atoms with Crippen LogP contribution in [0.3, 0.4) is 0 Å². The first kappa shape index (κ1) is 47.7. The van der Waals surface area contributed by atoms with E-state index in [1.165, 1.54) is 45.4 Å². The molecule has 10 nitrogen and oxygen atoms in total. The zero-order chi connectivity index (χ0) is 30.3. The summed E-state index contributed by atoms with van der Waals surface area (Å²) in [6.45, 7) is 2.08. The van der Waals surface area contributed by atoms with Crippen LogP contribution in [0.15, 0.2) is 0 Å². The second kappa shape index (κ2) is 36.0. The van der Waals surface area contributed by atoms with Crippen molar-refractivity contribution in [2.75, 3.05) is 20.0 Å². The van der Waals surface area contributed by atoms with Gasteiger partial charge in [-0.25, -0.2) is 0 Å². The summed E-state index contributed by atoms with van der Waals surface area (Å²) < 4.78 is 24.3. The first-order valence-electron chi connectivity index (χ1n) is 12.9. The van der Waals surface area contributed by atoms with Crippen molar-refractivity contribution in [2.45, 2.75) is 90.6 Å². The number of terminal acetylenes is 1. The molecule has 0 fully saturated rings. The maximum Gasteiger partial charge on any atom is 1.00 e. The third kappa shape index (κ3) is 43.2. The van der Waals surface area contributed by atoms with Crippen LogP contribution in [0.5, 0.6) is 0 Å². The van der Waals surface area contributed by atoms with Gasteiger partial charge < -0.3 is 33.5 Å². The molecule has 0 aromatic rings. The number of carbonyl (C=O) groups is 2. The third-order valence-corrected chi connectivity index (χ3v) is 5.06. The molecule has 0 bridgehead atoms. The van der Waals surface area contributed by atoms with E-state index in [4.69, 9.17) is 16.3 Å². The van der Waals surface area contributed by atoms with Gasteiger partial charge in [0.05, 0.1) is 21.0 Å². The Labute approximate surface area is 308 Å². The first-order valence-corrected chi connectivity index (χ1v) is 14.4. The number of hydrogen-bond acceptors (Lipinski definition) is 9. The average molecular weight is 640 g/mol. The van der Waals surface area contributed by atoms with Crippen molar-refractivity contribution in [3.05, 3.63) is 0 Å². The molecule has 0 aromatic heterocycles. The monoisotopic (exact) mass is 639 g/mol. The van der Waals surface area contributed by atoms with Gasteiger partial charge in [-0.2, -0.15) is 0 Å². The topological polar surface area (TPSA) is 157 Å². The van der Waals surface area contributed by atoms with E-state index >= 15 is 0 Å². The second-order valence-corrected chi connectivity index (χ2v) is 9.26. The number of nitrogens with one attached hydrogen (secondary N) is 1. The molecular weight excluding hydrogens is 583 g/mol. The van der Waals surface area contributed by atoms with Crippen molar-refractivity contribution in [2.24, 2.45) is 0 Å². The van der Waals surface area contributed by atoms with Crippen molar-refractivity contribution in [3.8, 4) is 59.8 Å². The van der Waals surface area contributed by atoms with E-state index in [1.54, 1.807) is 0 Å². The van der Waals surface area contributed by atoms with Gasteiger partial charge in [-0.1, -0.05) is 64.7 Å². The van der Waals surface area contributed by atoms with E-state index in [1.807, 2.05) is 0 Å². The van der Waals surface area contributed by atoms with Gasteiger partial charge in [-0.3, -0.25) is 14.9 Å². The Morgan fingerprint density at radius 3 is 1.86 bits per heavy atom. The van der Waals surface area contributed by atoms with Crippen LogP contribution in [-0.2, 0) is 28.2 Å². The molecule has 1 amide bonds. The number of phosphoric ester groups is 1. The van der Waals surface area contributed by atoms with Crippen LogP contribution in [0, 0.1) is 59.8 Å². The van der Waals surface area contributed by atoms with Gasteiger partial charge in [0.1, 0.15) is 12.9 Å². The number of unbranched alkanes of at least 4 members (excludes halogenated alkanes) is 9. The molecule has 0 aliphatic rings. The number of hydrogen-bond donors (Lipinski definition) is 2. The fraction of sp³-hybridized carbons (Fsp3) is 0.586. The molecule has 0 heterocycles. The van der Waals surface area contributed by atoms with Gasteiger partial charge in [-0.05, 0) is 30.1 Å². The number of esters is 1. The predicted octanol–water partition coefficient (Wildman–Crippen LogP) is -2.03. The summed E-state index contributed by atoms with van der Waals surface area (Å²) in [6.07, 6.45) is 15.5. The summed E-state index contributed by atoms with van der Waals surface area (Å²) in [5.41, 5.74) is 0. The molecule has 0 rings (SSSR count). The third-order valence-electron chi connectivity index (χ3n) is 4.59. The summed E-state index contributed by atoms with van der Waals surface area (Å²) in [5.74, 6) is 18.0.